The highest BCUT2D eigenvalue weighted by molar-refractivity contribution is 5.70. The Morgan fingerprint density at radius 1 is 0.692 bits per heavy atom. The highest BCUT2D eigenvalue weighted by Crippen LogP contribution is 2.40. The van der Waals surface area contributed by atoms with Crippen molar-refractivity contribution in [2.45, 2.75) is 88.6 Å². The summed E-state index contributed by atoms with van der Waals surface area (Å²) in [5, 5.41) is 0. The zero-order valence-corrected chi connectivity index (χ0v) is 15.4. The van der Waals surface area contributed by atoms with E-state index < -0.39 is 0 Å². The van der Waals surface area contributed by atoms with E-state index in [2.05, 4.69) is 0 Å². The second-order valence-electron chi connectivity index (χ2n) is 8.36. The van der Waals surface area contributed by atoms with Gasteiger partial charge in [0.1, 0.15) is 0 Å². The molecule has 0 aromatic heterocycles. The normalized spacial score (nSPS) is 37.2. The third kappa shape index (κ3) is 5.19. The van der Waals surface area contributed by atoms with Crippen molar-refractivity contribution in [2.75, 3.05) is 13.2 Å². The molecule has 6 heteroatoms. The lowest BCUT2D eigenvalue weighted by atomic mass is 9.90. The first kappa shape index (κ1) is 18.2. The number of fused-ring (bicyclic) bond motifs is 2. The number of rotatable bonds is 9. The molecule has 0 N–H and O–H groups in total. The van der Waals surface area contributed by atoms with E-state index in [0.29, 0.717) is 75.1 Å². The first-order valence-electron chi connectivity index (χ1n) is 10.3. The summed E-state index contributed by atoms with van der Waals surface area (Å²) in [6, 6.07) is 0. The van der Waals surface area contributed by atoms with Crippen molar-refractivity contribution in [1.29, 1.82) is 0 Å². The fourth-order valence-corrected chi connectivity index (χ4v) is 4.38. The first-order chi connectivity index (χ1) is 12.7. The van der Waals surface area contributed by atoms with Crippen LogP contribution < -0.4 is 0 Å². The Balaban J connectivity index is 0.992. The van der Waals surface area contributed by atoms with Crippen LogP contribution in [0.3, 0.4) is 0 Å². The van der Waals surface area contributed by atoms with Gasteiger partial charge in [0.25, 0.3) is 0 Å². The standard InChI is InChI=1S/C20H30O6/c21-19(23-11-13-5-7-15-17(9-13)25-15)3-1-2-4-20(22)24-12-14-6-8-16-18(10-14)26-16/h13-18H,1-12H2/t13-,14+,15+,16-,17-,18-/m1/s1. The molecule has 6 atom stereocenters. The Bertz CT molecular complexity index is 474. The summed E-state index contributed by atoms with van der Waals surface area (Å²) in [7, 11) is 0. The summed E-state index contributed by atoms with van der Waals surface area (Å²) < 4.78 is 21.7. The first-order valence-corrected chi connectivity index (χ1v) is 10.3. The van der Waals surface area contributed by atoms with Gasteiger partial charge in [-0.1, -0.05) is 0 Å². The number of hydrogen-bond donors (Lipinski definition) is 0. The van der Waals surface area contributed by atoms with Gasteiger partial charge in [-0.15, -0.1) is 0 Å². The lowest BCUT2D eigenvalue weighted by Gasteiger charge is -2.18. The van der Waals surface area contributed by atoms with Crippen LogP contribution >= 0.6 is 0 Å². The molecule has 0 unspecified atom stereocenters. The molecular weight excluding hydrogens is 336 g/mol. The van der Waals surface area contributed by atoms with Crippen LogP contribution in [0.15, 0.2) is 0 Å². The summed E-state index contributed by atoms with van der Waals surface area (Å²) in [6.45, 7) is 1.03. The van der Waals surface area contributed by atoms with Crippen molar-refractivity contribution in [3.63, 3.8) is 0 Å². The molecule has 0 aromatic carbocycles. The van der Waals surface area contributed by atoms with Crippen LogP contribution in [-0.4, -0.2) is 49.6 Å². The lowest BCUT2D eigenvalue weighted by molar-refractivity contribution is -0.147. The van der Waals surface area contributed by atoms with Gasteiger partial charge >= 0.3 is 11.9 Å². The molecule has 0 aromatic rings. The molecule has 4 fully saturated rings. The van der Waals surface area contributed by atoms with Gasteiger partial charge < -0.3 is 18.9 Å². The Hall–Kier alpha value is -1.14. The van der Waals surface area contributed by atoms with Crippen molar-refractivity contribution in [2.24, 2.45) is 11.8 Å². The summed E-state index contributed by atoms with van der Waals surface area (Å²) in [4.78, 5) is 23.6. The maximum Gasteiger partial charge on any atom is 0.305 e. The molecule has 6 nitrogen and oxygen atoms in total. The van der Waals surface area contributed by atoms with Gasteiger partial charge in [-0.2, -0.15) is 0 Å². The monoisotopic (exact) mass is 366 g/mol. The molecule has 4 rings (SSSR count). The third-order valence-electron chi connectivity index (χ3n) is 6.20. The molecule has 146 valence electrons. The summed E-state index contributed by atoms with van der Waals surface area (Å²) in [5.41, 5.74) is 0. The zero-order valence-electron chi connectivity index (χ0n) is 15.4. The fraction of sp³-hybridized carbons (Fsp3) is 0.900. The van der Waals surface area contributed by atoms with E-state index in [9.17, 15) is 9.59 Å². The van der Waals surface area contributed by atoms with Crippen LogP contribution in [0, 0.1) is 11.8 Å². The van der Waals surface area contributed by atoms with Crippen LogP contribution in [0.5, 0.6) is 0 Å². The van der Waals surface area contributed by atoms with Crippen molar-refractivity contribution >= 4 is 11.9 Å². The largest absolute Gasteiger partial charge is 0.465 e. The maximum absolute atomic E-state index is 11.8. The molecule has 4 aliphatic rings. The minimum absolute atomic E-state index is 0.154. The highest BCUT2D eigenvalue weighted by Gasteiger charge is 2.44. The van der Waals surface area contributed by atoms with Gasteiger partial charge in [0.15, 0.2) is 0 Å². The number of unbranched alkanes of at least 4 members (excludes halogenated alkanes) is 1. The number of carbonyl (C=O) groups is 2. The highest BCUT2D eigenvalue weighted by atomic mass is 16.6. The van der Waals surface area contributed by atoms with Crippen molar-refractivity contribution in [3.05, 3.63) is 0 Å². The zero-order chi connectivity index (χ0) is 17.9. The van der Waals surface area contributed by atoms with Gasteiger partial charge in [-0.3, -0.25) is 9.59 Å². The Kier molecular flexibility index (Phi) is 5.79. The summed E-state index contributed by atoms with van der Waals surface area (Å²) >= 11 is 0. The van der Waals surface area contributed by atoms with Crippen LogP contribution in [0.1, 0.15) is 64.2 Å². The van der Waals surface area contributed by atoms with E-state index in [0.717, 1.165) is 38.5 Å². The second-order valence-corrected chi connectivity index (χ2v) is 8.36. The Morgan fingerprint density at radius 3 is 1.58 bits per heavy atom. The van der Waals surface area contributed by atoms with E-state index >= 15 is 0 Å². The lowest BCUT2D eigenvalue weighted by Crippen LogP contribution is -2.20. The number of hydrogen-bond acceptors (Lipinski definition) is 6. The molecule has 2 heterocycles. The van der Waals surface area contributed by atoms with Gasteiger partial charge in [0, 0.05) is 12.8 Å². The molecule has 0 spiro atoms. The summed E-state index contributed by atoms with van der Waals surface area (Å²) in [6.07, 6.45) is 10.4. The van der Waals surface area contributed by atoms with Gasteiger partial charge in [0.2, 0.25) is 0 Å². The number of esters is 2. The van der Waals surface area contributed by atoms with Crippen molar-refractivity contribution in [1.82, 2.24) is 0 Å². The quantitative estimate of drug-likeness (QED) is 0.355. The van der Waals surface area contributed by atoms with Crippen LogP contribution in [0.25, 0.3) is 0 Å². The second kappa shape index (κ2) is 8.26. The molecule has 2 saturated carbocycles. The average Bonchev–Trinajstić information content (AvgIpc) is 3.55. The minimum atomic E-state index is -0.154. The third-order valence-corrected chi connectivity index (χ3v) is 6.20. The van der Waals surface area contributed by atoms with Crippen LogP contribution in [-0.2, 0) is 28.5 Å². The molecule has 26 heavy (non-hydrogen) atoms. The van der Waals surface area contributed by atoms with Gasteiger partial charge in [-0.05, 0) is 63.2 Å². The fourth-order valence-electron chi connectivity index (χ4n) is 4.38. The van der Waals surface area contributed by atoms with Gasteiger partial charge in [-0.25, -0.2) is 0 Å². The Morgan fingerprint density at radius 2 is 1.15 bits per heavy atom. The van der Waals surface area contributed by atoms with Gasteiger partial charge in [0.05, 0.1) is 37.6 Å². The topological polar surface area (TPSA) is 77.7 Å². The molecule has 0 radical (unpaired) electrons. The molecular formula is C20H30O6. The molecule has 2 saturated heterocycles. The number of ether oxygens (including phenoxy) is 4. The van der Waals surface area contributed by atoms with Crippen LogP contribution in [0.4, 0.5) is 0 Å². The van der Waals surface area contributed by atoms with E-state index in [1.165, 1.54) is 0 Å². The van der Waals surface area contributed by atoms with E-state index in [4.69, 9.17) is 18.9 Å². The molecule has 2 aliphatic heterocycles. The van der Waals surface area contributed by atoms with E-state index in [1.54, 1.807) is 0 Å². The van der Waals surface area contributed by atoms with Crippen molar-refractivity contribution in [3.8, 4) is 0 Å². The summed E-state index contributed by atoms with van der Waals surface area (Å²) in [5.74, 6) is 0.597. The maximum atomic E-state index is 11.8. The minimum Gasteiger partial charge on any atom is -0.465 e. The number of epoxide rings is 2. The van der Waals surface area contributed by atoms with Crippen molar-refractivity contribution < 1.29 is 28.5 Å². The molecule has 0 amide bonds. The predicted octanol–water partition coefficient (Wildman–Crippen LogP) is 2.77. The van der Waals surface area contributed by atoms with Crippen LogP contribution in [0.2, 0.25) is 0 Å². The smallest absolute Gasteiger partial charge is 0.305 e. The molecule has 0 bridgehead atoms. The van der Waals surface area contributed by atoms with E-state index in [-0.39, 0.29) is 11.9 Å². The average molecular weight is 366 g/mol. The predicted molar refractivity (Wildman–Crippen MR) is 92.4 cm³/mol. The van der Waals surface area contributed by atoms with E-state index in [1.807, 2.05) is 0 Å². The molecule has 2 aliphatic carbocycles. The Labute approximate surface area is 154 Å². The number of carbonyl (C=O) groups excluding carboxylic acids is 2. The SMILES string of the molecule is O=C(CCCCC(=O)OC[C@@H]1CC[C@@H]2O[C@@H]2C1)OC[C@H]1CC[C@H]2O[C@@H]2C1.